The standard InChI is InChI=1S/C17H18Br2ClN/c1-2-7-21-17(10-12-5-3-4-6-16(12)19)13-8-14(18)11-15(20)9-13/h3-6,8-9,11,17,21H,2,7,10H2,1H3. The highest BCUT2D eigenvalue weighted by Gasteiger charge is 2.14. The molecular weight excluding hydrogens is 413 g/mol. The van der Waals surface area contributed by atoms with E-state index in [0.29, 0.717) is 0 Å². The van der Waals surface area contributed by atoms with Gasteiger partial charge in [0.2, 0.25) is 0 Å². The summed E-state index contributed by atoms with van der Waals surface area (Å²) in [6, 6.07) is 14.7. The molecule has 0 fully saturated rings. The molecule has 0 spiro atoms. The summed E-state index contributed by atoms with van der Waals surface area (Å²) < 4.78 is 2.16. The van der Waals surface area contributed by atoms with Gasteiger partial charge >= 0.3 is 0 Å². The molecule has 1 nitrogen and oxygen atoms in total. The Balaban J connectivity index is 2.27. The predicted octanol–water partition coefficient (Wildman–Crippen LogP) is 6.15. The fourth-order valence-electron chi connectivity index (χ4n) is 2.29. The van der Waals surface area contributed by atoms with E-state index in [1.54, 1.807) is 0 Å². The fourth-order valence-corrected chi connectivity index (χ4v) is 3.62. The molecule has 0 radical (unpaired) electrons. The summed E-state index contributed by atoms with van der Waals surface area (Å²) in [6.45, 7) is 3.16. The van der Waals surface area contributed by atoms with Crippen LogP contribution < -0.4 is 5.32 Å². The molecule has 1 atom stereocenters. The zero-order valence-electron chi connectivity index (χ0n) is 11.9. The van der Waals surface area contributed by atoms with Gasteiger partial charge in [-0.15, -0.1) is 0 Å². The molecule has 0 bridgehead atoms. The van der Waals surface area contributed by atoms with E-state index in [2.05, 4.69) is 68.4 Å². The predicted molar refractivity (Wildman–Crippen MR) is 98.0 cm³/mol. The minimum Gasteiger partial charge on any atom is -0.310 e. The molecule has 2 aromatic carbocycles. The van der Waals surface area contributed by atoms with Crippen molar-refractivity contribution in [1.82, 2.24) is 5.32 Å². The van der Waals surface area contributed by atoms with Crippen molar-refractivity contribution >= 4 is 43.5 Å². The Bertz CT molecular complexity index is 581. The number of hydrogen-bond acceptors (Lipinski definition) is 1. The van der Waals surface area contributed by atoms with Crippen LogP contribution in [0, 0.1) is 0 Å². The maximum Gasteiger partial charge on any atom is 0.0420 e. The summed E-state index contributed by atoms with van der Waals surface area (Å²) >= 11 is 13.4. The lowest BCUT2D eigenvalue weighted by Crippen LogP contribution is -2.24. The third-order valence-corrected chi connectivity index (χ3v) is 4.76. The molecular formula is C17H18Br2ClN. The van der Waals surface area contributed by atoms with Crippen molar-refractivity contribution in [3.8, 4) is 0 Å². The van der Waals surface area contributed by atoms with Crippen LogP contribution in [0.1, 0.15) is 30.5 Å². The number of halogens is 3. The van der Waals surface area contributed by atoms with Gasteiger partial charge in [0.25, 0.3) is 0 Å². The topological polar surface area (TPSA) is 12.0 Å². The molecule has 0 saturated heterocycles. The lowest BCUT2D eigenvalue weighted by atomic mass is 9.98. The van der Waals surface area contributed by atoms with E-state index in [0.717, 1.165) is 33.4 Å². The number of nitrogens with one attached hydrogen (secondary N) is 1. The molecule has 0 aliphatic carbocycles. The lowest BCUT2D eigenvalue weighted by molar-refractivity contribution is 0.528. The summed E-state index contributed by atoms with van der Waals surface area (Å²) in [5.41, 5.74) is 2.50. The normalized spacial score (nSPS) is 12.4. The minimum atomic E-state index is 0.249. The molecule has 0 amide bonds. The molecule has 1 unspecified atom stereocenters. The van der Waals surface area contributed by atoms with Crippen molar-refractivity contribution in [2.45, 2.75) is 25.8 Å². The largest absolute Gasteiger partial charge is 0.310 e. The molecule has 112 valence electrons. The molecule has 2 rings (SSSR count). The number of benzene rings is 2. The Labute approximate surface area is 148 Å². The van der Waals surface area contributed by atoms with Crippen molar-refractivity contribution in [3.05, 3.63) is 67.6 Å². The fraction of sp³-hybridized carbons (Fsp3) is 0.294. The average Bonchev–Trinajstić information content (AvgIpc) is 2.44. The molecule has 0 heterocycles. The minimum absolute atomic E-state index is 0.249. The van der Waals surface area contributed by atoms with E-state index in [4.69, 9.17) is 11.6 Å². The average molecular weight is 432 g/mol. The van der Waals surface area contributed by atoms with Gasteiger partial charge in [-0.3, -0.25) is 0 Å². The summed E-state index contributed by atoms with van der Waals surface area (Å²) in [4.78, 5) is 0. The molecule has 0 aromatic heterocycles. The smallest absolute Gasteiger partial charge is 0.0420 e. The molecule has 0 aliphatic rings. The first-order valence-electron chi connectivity index (χ1n) is 7.03. The quantitative estimate of drug-likeness (QED) is 0.579. The van der Waals surface area contributed by atoms with Crippen LogP contribution in [0.25, 0.3) is 0 Å². The zero-order valence-corrected chi connectivity index (χ0v) is 15.8. The molecule has 0 aliphatic heterocycles. The third-order valence-electron chi connectivity index (χ3n) is 3.31. The van der Waals surface area contributed by atoms with E-state index in [1.807, 2.05) is 18.2 Å². The van der Waals surface area contributed by atoms with E-state index in [9.17, 15) is 0 Å². The molecule has 0 saturated carbocycles. The molecule has 21 heavy (non-hydrogen) atoms. The second-order valence-corrected chi connectivity index (χ2v) is 7.21. The van der Waals surface area contributed by atoms with Crippen molar-refractivity contribution in [2.24, 2.45) is 0 Å². The van der Waals surface area contributed by atoms with Crippen LogP contribution in [-0.2, 0) is 6.42 Å². The highest BCUT2D eigenvalue weighted by atomic mass is 79.9. The van der Waals surface area contributed by atoms with Gasteiger partial charge < -0.3 is 5.32 Å². The Morgan fingerprint density at radius 2 is 1.90 bits per heavy atom. The van der Waals surface area contributed by atoms with Crippen LogP contribution in [0.3, 0.4) is 0 Å². The SMILES string of the molecule is CCCNC(Cc1ccccc1Br)c1cc(Cl)cc(Br)c1. The molecule has 2 aromatic rings. The van der Waals surface area contributed by atoms with Crippen molar-refractivity contribution in [1.29, 1.82) is 0 Å². The maximum absolute atomic E-state index is 6.20. The summed E-state index contributed by atoms with van der Waals surface area (Å²) in [5, 5.41) is 4.37. The van der Waals surface area contributed by atoms with Crippen LogP contribution in [-0.4, -0.2) is 6.54 Å². The van der Waals surface area contributed by atoms with Crippen LogP contribution in [0.15, 0.2) is 51.4 Å². The van der Waals surface area contributed by atoms with E-state index in [-0.39, 0.29) is 6.04 Å². The van der Waals surface area contributed by atoms with Gasteiger partial charge in [0, 0.05) is 20.0 Å². The van der Waals surface area contributed by atoms with Gasteiger partial charge in [-0.05, 0) is 54.8 Å². The van der Waals surface area contributed by atoms with Crippen LogP contribution in [0.2, 0.25) is 5.02 Å². The van der Waals surface area contributed by atoms with E-state index >= 15 is 0 Å². The lowest BCUT2D eigenvalue weighted by Gasteiger charge is -2.20. The Hall–Kier alpha value is -0.350. The maximum atomic E-state index is 6.20. The van der Waals surface area contributed by atoms with Crippen molar-refractivity contribution in [2.75, 3.05) is 6.54 Å². The van der Waals surface area contributed by atoms with Crippen molar-refractivity contribution < 1.29 is 0 Å². The summed E-state index contributed by atoms with van der Waals surface area (Å²) in [5.74, 6) is 0. The van der Waals surface area contributed by atoms with Crippen LogP contribution >= 0.6 is 43.5 Å². The molecule has 4 heteroatoms. The highest BCUT2D eigenvalue weighted by Crippen LogP contribution is 2.28. The van der Waals surface area contributed by atoms with Crippen molar-refractivity contribution in [3.63, 3.8) is 0 Å². The first-order chi connectivity index (χ1) is 10.1. The van der Waals surface area contributed by atoms with Gasteiger partial charge in [-0.25, -0.2) is 0 Å². The first-order valence-corrected chi connectivity index (χ1v) is 8.99. The Morgan fingerprint density at radius 3 is 2.57 bits per heavy atom. The second kappa shape index (κ2) is 8.33. The highest BCUT2D eigenvalue weighted by molar-refractivity contribution is 9.10. The van der Waals surface area contributed by atoms with Gasteiger partial charge in [0.1, 0.15) is 0 Å². The second-order valence-electron chi connectivity index (χ2n) is 5.01. The Kier molecular flexibility index (Phi) is 6.74. The summed E-state index contributed by atoms with van der Waals surface area (Å²) in [7, 11) is 0. The van der Waals surface area contributed by atoms with Gasteiger partial charge in [-0.1, -0.05) is 68.6 Å². The van der Waals surface area contributed by atoms with Gasteiger partial charge in [0.05, 0.1) is 0 Å². The van der Waals surface area contributed by atoms with Gasteiger partial charge in [-0.2, -0.15) is 0 Å². The zero-order chi connectivity index (χ0) is 15.2. The number of rotatable bonds is 6. The Morgan fingerprint density at radius 1 is 1.14 bits per heavy atom. The van der Waals surface area contributed by atoms with Crippen LogP contribution in [0.4, 0.5) is 0 Å². The van der Waals surface area contributed by atoms with E-state index < -0.39 is 0 Å². The third kappa shape index (κ3) is 5.10. The first kappa shape index (κ1) is 17.0. The van der Waals surface area contributed by atoms with Gasteiger partial charge in [0.15, 0.2) is 0 Å². The van der Waals surface area contributed by atoms with Crippen LogP contribution in [0.5, 0.6) is 0 Å². The number of hydrogen-bond donors (Lipinski definition) is 1. The monoisotopic (exact) mass is 429 g/mol. The van der Waals surface area contributed by atoms with E-state index in [1.165, 1.54) is 11.1 Å². The molecule has 1 N–H and O–H groups in total. The summed E-state index contributed by atoms with van der Waals surface area (Å²) in [6.07, 6.45) is 2.03.